The van der Waals surface area contributed by atoms with Crippen LogP contribution in [0.2, 0.25) is 0 Å². The highest BCUT2D eigenvalue weighted by Crippen LogP contribution is 2.34. The van der Waals surface area contributed by atoms with Crippen LogP contribution in [0.25, 0.3) is 5.70 Å². The maximum absolute atomic E-state index is 14.0. The smallest absolute Gasteiger partial charge is 0.327 e. The third kappa shape index (κ3) is 5.94. The zero-order chi connectivity index (χ0) is 27.2. The summed E-state index contributed by atoms with van der Waals surface area (Å²) in [6, 6.07) is 24.1. The lowest BCUT2D eigenvalue weighted by molar-refractivity contribution is -0.152. The number of ether oxygens (including phenoxy) is 1. The summed E-state index contributed by atoms with van der Waals surface area (Å²) < 4.78 is 6.00. The molecule has 0 saturated heterocycles. The average molecular weight is 513 g/mol. The van der Waals surface area contributed by atoms with Crippen molar-refractivity contribution < 1.29 is 24.2 Å². The second kappa shape index (κ2) is 11.8. The zero-order valence-electron chi connectivity index (χ0n) is 21.8. The van der Waals surface area contributed by atoms with Gasteiger partial charge in [0.15, 0.2) is 0 Å². The predicted molar refractivity (Wildman–Crippen MR) is 145 cm³/mol. The van der Waals surface area contributed by atoms with Crippen LogP contribution in [0.15, 0.2) is 91.1 Å². The first kappa shape index (κ1) is 26.7. The molecule has 1 aliphatic heterocycles. The van der Waals surface area contributed by atoms with E-state index in [1.807, 2.05) is 74.5 Å². The molecule has 38 heavy (non-hydrogen) atoms. The van der Waals surface area contributed by atoms with E-state index in [1.165, 1.54) is 16.7 Å². The standard InChI is InChI=1S/C31H32N2O5/c1-21(2)29-30(35)33(27(31(36)37)17-23-11-6-4-7-12-23)28(19-32(29)22(3)34)25-15-10-16-26(18-25)38-20-24-13-8-5-9-14-24/h4-16,18-19,21,27,29H,17,20H2,1-3H3,(H,36,37)/t27?,29-/m1/s1. The fourth-order valence-electron chi connectivity index (χ4n) is 4.70. The minimum atomic E-state index is -1.17. The minimum Gasteiger partial charge on any atom is -0.489 e. The first-order valence-electron chi connectivity index (χ1n) is 12.6. The summed E-state index contributed by atoms with van der Waals surface area (Å²) in [5, 5.41) is 10.3. The molecule has 2 amide bonds. The Kier molecular flexibility index (Phi) is 8.26. The van der Waals surface area contributed by atoms with Gasteiger partial charge >= 0.3 is 5.97 Å². The lowest BCUT2D eigenvalue weighted by Gasteiger charge is -2.43. The summed E-state index contributed by atoms with van der Waals surface area (Å²) in [6.07, 6.45) is 1.72. The fraction of sp³-hybridized carbons (Fsp3) is 0.258. The van der Waals surface area contributed by atoms with Gasteiger partial charge in [0, 0.05) is 25.1 Å². The van der Waals surface area contributed by atoms with E-state index in [0.29, 0.717) is 23.6 Å². The third-order valence-corrected chi connectivity index (χ3v) is 6.55. The van der Waals surface area contributed by atoms with E-state index in [0.717, 1.165) is 11.1 Å². The maximum atomic E-state index is 14.0. The first-order chi connectivity index (χ1) is 18.3. The van der Waals surface area contributed by atoms with Crippen molar-refractivity contribution in [3.8, 4) is 5.75 Å². The van der Waals surface area contributed by atoms with Crippen molar-refractivity contribution in [3.63, 3.8) is 0 Å². The average Bonchev–Trinajstić information content (AvgIpc) is 2.91. The van der Waals surface area contributed by atoms with E-state index in [4.69, 9.17) is 4.74 Å². The molecule has 2 atom stereocenters. The van der Waals surface area contributed by atoms with E-state index in [1.54, 1.807) is 30.5 Å². The summed E-state index contributed by atoms with van der Waals surface area (Å²) in [6.45, 7) is 5.46. The fourth-order valence-corrected chi connectivity index (χ4v) is 4.70. The van der Waals surface area contributed by atoms with E-state index in [9.17, 15) is 19.5 Å². The summed E-state index contributed by atoms with van der Waals surface area (Å²) in [5.41, 5.74) is 2.72. The Labute approximate surface area is 223 Å². The Morgan fingerprint density at radius 2 is 1.55 bits per heavy atom. The number of amides is 2. The van der Waals surface area contributed by atoms with Gasteiger partial charge in [-0.25, -0.2) is 4.79 Å². The van der Waals surface area contributed by atoms with Gasteiger partial charge in [0.25, 0.3) is 5.91 Å². The van der Waals surface area contributed by atoms with Crippen molar-refractivity contribution in [3.05, 3.63) is 108 Å². The Bertz CT molecular complexity index is 1320. The normalized spacial score (nSPS) is 16.3. The first-order valence-corrected chi connectivity index (χ1v) is 12.6. The number of carbonyl (C=O) groups is 3. The largest absolute Gasteiger partial charge is 0.489 e. The number of rotatable bonds is 9. The molecule has 1 aliphatic rings. The number of aliphatic carboxylic acids is 1. The maximum Gasteiger partial charge on any atom is 0.327 e. The van der Waals surface area contributed by atoms with Crippen molar-refractivity contribution in [1.29, 1.82) is 0 Å². The number of carboxylic acids is 1. The molecule has 0 bridgehead atoms. The van der Waals surface area contributed by atoms with Crippen LogP contribution in [-0.4, -0.2) is 44.8 Å². The monoisotopic (exact) mass is 512 g/mol. The van der Waals surface area contributed by atoms with Gasteiger partial charge in [-0.1, -0.05) is 86.6 Å². The number of nitrogens with zero attached hydrogens (tertiary/aromatic N) is 2. The predicted octanol–water partition coefficient (Wildman–Crippen LogP) is 4.98. The van der Waals surface area contributed by atoms with Crippen LogP contribution >= 0.6 is 0 Å². The van der Waals surface area contributed by atoms with Crippen molar-refractivity contribution in [2.45, 2.75) is 45.9 Å². The van der Waals surface area contributed by atoms with Gasteiger partial charge in [0.1, 0.15) is 24.4 Å². The van der Waals surface area contributed by atoms with Crippen LogP contribution in [0, 0.1) is 5.92 Å². The number of hydrogen-bond donors (Lipinski definition) is 1. The molecular weight excluding hydrogens is 480 g/mol. The highest BCUT2D eigenvalue weighted by atomic mass is 16.5. The lowest BCUT2D eigenvalue weighted by atomic mass is 9.94. The second-order valence-electron chi connectivity index (χ2n) is 9.68. The molecule has 7 nitrogen and oxygen atoms in total. The van der Waals surface area contributed by atoms with Gasteiger partial charge in [0.2, 0.25) is 5.91 Å². The number of carbonyl (C=O) groups excluding carboxylic acids is 2. The molecule has 3 aromatic carbocycles. The van der Waals surface area contributed by atoms with Crippen LogP contribution in [0.1, 0.15) is 37.5 Å². The summed E-state index contributed by atoms with van der Waals surface area (Å²) in [7, 11) is 0. The molecular formula is C31H32N2O5. The van der Waals surface area contributed by atoms with Crippen LogP contribution in [0.3, 0.4) is 0 Å². The molecule has 4 rings (SSSR count). The van der Waals surface area contributed by atoms with Crippen molar-refractivity contribution in [2.24, 2.45) is 5.92 Å². The van der Waals surface area contributed by atoms with Gasteiger partial charge in [-0.2, -0.15) is 0 Å². The molecule has 1 N–H and O–H groups in total. The summed E-state index contributed by atoms with van der Waals surface area (Å²) >= 11 is 0. The zero-order valence-corrected chi connectivity index (χ0v) is 21.8. The Hall–Kier alpha value is -4.39. The van der Waals surface area contributed by atoms with Crippen molar-refractivity contribution in [2.75, 3.05) is 0 Å². The summed E-state index contributed by atoms with van der Waals surface area (Å²) in [5.74, 6) is -1.50. The Morgan fingerprint density at radius 1 is 0.921 bits per heavy atom. The highest BCUT2D eigenvalue weighted by molar-refractivity contribution is 5.99. The molecule has 196 valence electrons. The highest BCUT2D eigenvalue weighted by Gasteiger charge is 2.44. The molecule has 3 aromatic rings. The van der Waals surface area contributed by atoms with Gasteiger partial charge in [-0.15, -0.1) is 0 Å². The molecule has 0 saturated carbocycles. The number of carboxylic acid groups (broad SMARTS) is 1. The summed E-state index contributed by atoms with van der Waals surface area (Å²) in [4.78, 5) is 42.0. The molecule has 0 fully saturated rings. The second-order valence-corrected chi connectivity index (χ2v) is 9.68. The van der Waals surface area contributed by atoms with E-state index in [-0.39, 0.29) is 18.2 Å². The molecule has 0 aliphatic carbocycles. The molecule has 1 heterocycles. The Morgan fingerprint density at radius 3 is 2.13 bits per heavy atom. The molecule has 1 unspecified atom stereocenters. The van der Waals surface area contributed by atoms with Gasteiger partial charge in [-0.05, 0) is 29.2 Å². The molecule has 0 radical (unpaired) electrons. The van der Waals surface area contributed by atoms with Crippen molar-refractivity contribution in [1.82, 2.24) is 9.80 Å². The molecule has 0 aromatic heterocycles. The quantitative estimate of drug-likeness (QED) is 0.437. The van der Waals surface area contributed by atoms with Crippen molar-refractivity contribution >= 4 is 23.5 Å². The van der Waals surface area contributed by atoms with Gasteiger partial charge in [0.05, 0.1) is 5.70 Å². The number of hydrogen-bond acceptors (Lipinski definition) is 4. The number of benzene rings is 3. The van der Waals surface area contributed by atoms with Gasteiger partial charge in [-0.3, -0.25) is 14.5 Å². The Balaban J connectivity index is 1.77. The van der Waals surface area contributed by atoms with Crippen LogP contribution in [-0.2, 0) is 27.4 Å². The SMILES string of the molecule is CC(=O)N1C=C(c2cccc(OCc3ccccc3)c2)N(C(Cc2ccccc2)C(=O)O)C(=O)[C@H]1C(C)C. The van der Waals surface area contributed by atoms with Crippen LogP contribution in [0.5, 0.6) is 5.75 Å². The third-order valence-electron chi connectivity index (χ3n) is 6.55. The van der Waals surface area contributed by atoms with Crippen LogP contribution in [0.4, 0.5) is 0 Å². The topological polar surface area (TPSA) is 87.2 Å². The van der Waals surface area contributed by atoms with E-state index < -0.39 is 24.0 Å². The van der Waals surface area contributed by atoms with Crippen LogP contribution < -0.4 is 4.74 Å². The molecule has 0 spiro atoms. The lowest BCUT2D eigenvalue weighted by Crippen LogP contribution is -2.58. The van der Waals surface area contributed by atoms with E-state index in [2.05, 4.69) is 0 Å². The minimum absolute atomic E-state index is 0.119. The molecule has 7 heteroatoms. The van der Waals surface area contributed by atoms with Gasteiger partial charge < -0.3 is 14.7 Å². The van der Waals surface area contributed by atoms with E-state index >= 15 is 0 Å².